The van der Waals surface area contributed by atoms with Crippen LogP contribution in [0.5, 0.6) is 0 Å². The fraction of sp³-hybridized carbons (Fsp3) is 0.278. The molecule has 2 aromatic rings. The number of carbonyl (C=O) groups is 1. The summed E-state index contributed by atoms with van der Waals surface area (Å²) in [6.45, 7) is 2.73. The van der Waals surface area contributed by atoms with Crippen molar-refractivity contribution in [1.29, 1.82) is 0 Å². The lowest BCUT2D eigenvalue weighted by Gasteiger charge is -2.18. The quantitative estimate of drug-likeness (QED) is 0.809. The maximum absolute atomic E-state index is 12.2. The van der Waals surface area contributed by atoms with Gasteiger partial charge in [0.1, 0.15) is 0 Å². The highest BCUT2D eigenvalue weighted by Gasteiger charge is 2.10. The average molecular weight is 302 g/mol. The molecule has 0 fully saturated rings. The van der Waals surface area contributed by atoms with Crippen LogP contribution in [-0.4, -0.2) is 17.9 Å². The van der Waals surface area contributed by atoms with E-state index in [1.807, 2.05) is 43.4 Å². The van der Waals surface area contributed by atoms with Crippen LogP contribution in [0.15, 0.2) is 48.5 Å². The molecule has 0 saturated carbocycles. The third-order valence-corrected chi connectivity index (χ3v) is 3.89. The van der Waals surface area contributed by atoms with Crippen LogP contribution in [0.1, 0.15) is 23.1 Å². The first-order chi connectivity index (χ1) is 10.1. The zero-order chi connectivity index (χ0) is 15.2. The first-order valence-electron chi connectivity index (χ1n) is 7.09. The van der Waals surface area contributed by atoms with Crippen LogP contribution in [0.2, 0.25) is 5.02 Å². The summed E-state index contributed by atoms with van der Waals surface area (Å²) in [6.07, 6.45) is 1.26. The van der Waals surface area contributed by atoms with Crippen LogP contribution >= 0.6 is 11.6 Å². The lowest BCUT2D eigenvalue weighted by Crippen LogP contribution is -2.26. The number of hydrogen-bond acceptors (Lipinski definition) is 1. The van der Waals surface area contributed by atoms with E-state index in [4.69, 9.17) is 11.6 Å². The normalized spacial score (nSPS) is 10.4. The smallest absolute Gasteiger partial charge is 0.222 e. The molecule has 0 radical (unpaired) electrons. The van der Waals surface area contributed by atoms with Gasteiger partial charge >= 0.3 is 0 Å². The molecular weight excluding hydrogens is 282 g/mol. The van der Waals surface area contributed by atoms with Gasteiger partial charge in [-0.15, -0.1) is 0 Å². The molecule has 0 unspecified atom stereocenters. The predicted octanol–water partition coefficient (Wildman–Crippen LogP) is 4.24. The number of amides is 1. The molecule has 0 aliphatic rings. The van der Waals surface area contributed by atoms with Gasteiger partial charge in [0.05, 0.1) is 0 Å². The minimum absolute atomic E-state index is 0.160. The minimum Gasteiger partial charge on any atom is -0.341 e. The molecule has 0 bridgehead atoms. The first kappa shape index (κ1) is 15.6. The third-order valence-electron chi connectivity index (χ3n) is 3.64. The molecule has 110 valence electrons. The summed E-state index contributed by atoms with van der Waals surface area (Å²) in [5.74, 6) is 0.160. The number of nitrogens with zero attached hydrogens (tertiary/aromatic N) is 1. The maximum atomic E-state index is 12.2. The number of halogens is 1. The van der Waals surface area contributed by atoms with E-state index in [1.165, 1.54) is 11.1 Å². The van der Waals surface area contributed by atoms with Crippen molar-refractivity contribution in [1.82, 2.24) is 4.90 Å². The Morgan fingerprint density at radius 2 is 1.76 bits per heavy atom. The van der Waals surface area contributed by atoms with E-state index in [1.54, 1.807) is 4.90 Å². The van der Waals surface area contributed by atoms with Crippen molar-refractivity contribution >= 4 is 17.5 Å². The van der Waals surface area contributed by atoms with Crippen molar-refractivity contribution < 1.29 is 4.79 Å². The summed E-state index contributed by atoms with van der Waals surface area (Å²) in [5, 5.41) is 0.724. The maximum Gasteiger partial charge on any atom is 0.222 e. The second-order valence-corrected chi connectivity index (χ2v) is 5.74. The van der Waals surface area contributed by atoms with E-state index in [0.717, 1.165) is 17.0 Å². The van der Waals surface area contributed by atoms with Gasteiger partial charge in [-0.1, -0.05) is 48.0 Å². The zero-order valence-electron chi connectivity index (χ0n) is 12.5. The largest absolute Gasteiger partial charge is 0.341 e. The summed E-state index contributed by atoms with van der Waals surface area (Å²) < 4.78 is 0. The molecule has 0 aliphatic heterocycles. The molecule has 0 heterocycles. The summed E-state index contributed by atoms with van der Waals surface area (Å²) in [4.78, 5) is 14.0. The van der Waals surface area contributed by atoms with Gasteiger partial charge in [-0.05, 0) is 42.2 Å². The van der Waals surface area contributed by atoms with Crippen LogP contribution in [-0.2, 0) is 17.8 Å². The Labute approximate surface area is 131 Å². The van der Waals surface area contributed by atoms with Crippen molar-refractivity contribution in [3.8, 4) is 0 Å². The molecule has 2 aromatic carbocycles. The van der Waals surface area contributed by atoms with Crippen molar-refractivity contribution in [2.45, 2.75) is 26.3 Å². The van der Waals surface area contributed by atoms with Crippen LogP contribution in [0.25, 0.3) is 0 Å². The van der Waals surface area contributed by atoms with Gasteiger partial charge in [0.25, 0.3) is 0 Å². The van der Waals surface area contributed by atoms with Crippen LogP contribution in [0.3, 0.4) is 0 Å². The number of carbonyl (C=O) groups excluding carboxylic acids is 1. The van der Waals surface area contributed by atoms with Gasteiger partial charge in [0.2, 0.25) is 5.91 Å². The molecule has 1 amide bonds. The van der Waals surface area contributed by atoms with Gasteiger partial charge in [-0.2, -0.15) is 0 Å². The van der Waals surface area contributed by atoms with E-state index < -0.39 is 0 Å². The van der Waals surface area contributed by atoms with Gasteiger partial charge in [0.15, 0.2) is 0 Å². The highest BCUT2D eigenvalue weighted by molar-refractivity contribution is 6.30. The summed E-state index contributed by atoms with van der Waals surface area (Å²) in [5.41, 5.74) is 3.55. The van der Waals surface area contributed by atoms with Gasteiger partial charge < -0.3 is 4.90 Å². The van der Waals surface area contributed by atoms with Crippen LogP contribution in [0, 0.1) is 6.92 Å². The third kappa shape index (κ3) is 4.61. The predicted molar refractivity (Wildman–Crippen MR) is 87.4 cm³/mol. The molecule has 2 nitrogen and oxygen atoms in total. The van der Waals surface area contributed by atoms with Crippen molar-refractivity contribution in [2.75, 3.05) is 7.05 Å². The Balaban J connectivity index is 1.88. The average Bonchev–Trinajstić information content (AvgIpc) is 2.48. The second-order valence-electron chi connectivity index (χ2n) is 5.30. The Bertz CT molecular complexity index is 607. The number of benzene rings is 2. The van der Waals surface area contributed by atoms with E-state index in [2.05, 4.69) is 19.1 Å². The Hall–Kier alpha value is -1.80. The molecule has 0 atom stereocenters. The van der Waals surface area contributed by atoms with Crippen molar-refractivity contribution in [3.63, 3.8) is 0 Å². The minimum atomic E-state index is 0.160. The summed E-state index contributed by atoms with van der Waals surface area (Å²) in [7, 11) is 1.86. The van der Waals surface area contributed by atoms with Gasteiger partial charge in [0, 0.05) is 25.0 Å². The molecule has 2 rings (SSSR count). The molecule has 0 saturated heterocycles. The van der Waals surface area contributed by atoms with E-state index in [9.17, 15) is 4.79 Å². The Morgan fingerprint density at radius 1 is 1.10 bits per heavy atom. The van der Waals surface area contributed by atoms with Gasteiger partial charge in [-0.25, -0.2) is 0 Å². The van der Waals surface area contributed by atoms with Gasteiger partial charge in [-0.3, -0.25) is 4.79 Å². The van der Waals surface area contributed by atoms with Crippen LogP contribution < -0.4 is 0 Å². The number of rotatable bonds is 5. The molecule has 3 heteroatoms. The number of hydrogen-bond donors (Lipinski definition) is 0. The topological polar surface area (TPSA) is 20.3 Å². The fourth-order valence-corrected chi connectivity index (χ4v) is 2.35. The fourth-order valence-electron chi connectivity index (χ4n) is 2.22. The Kier molecular flexibility index (Phi) is 5.40. The molecular formula is C18H20ClNO. The second kappa shape index (κ2) is 7.28. The zero-order valence-corrected chi connectivity index (χ0v) is 13.2. The van der Waals surface area contributed by atoms with E-state index >= 15 is 0 Å². The molecule has 0 aromatic heterocycles. The molecule has 21 heavy (non-hydrogen) atoms. The number of aryl methyl sites for hydroxylation is 2. The molecule has 0 spiro atoms. The molecule has 0 aliphatic carbocycles. The van der Waals surface area contributed by atoms with Crippen molar-refractivity contribution in [3.05, 3.63) is 70.2 Å². The highest BCUT2D eigenvalue weighted by atomic mass is 35.5. The lowest BCUT2D eigenvalue weighted by molar-refractivity contribution is -0.130. The van der Waals surface area contributed by atoms with E-state index in [0.29, 0.717) is 13.0 Å². The molecule has 0 N–H and O–H groups in total. The van der Waals surface area contributed by atoms with E-state index in [-0.39, 0.29) is 5.91 Å². The van der Waals surface area contributed by atoms with Crippen LogP contribution in [0.4, 0.5) is 0 Å². The standard InChI is InChI=1S/C18H20ClNO/c1-14-5-3-4-6-16(14)13-20(2)18(21)12-9-15-7-10-17(19)11-8-15/h3-8,10-11H,9,12-13H2,1-2H3. The highest BCUT2D eigenvalue weighted by Crippen LogP contribution is 2.13. The summed E-state index contributed by atoms with van der Waals surface area (Å²) >= 11 is 5.85. The lowest BCUT2D eigenvalue weighted by atomic mass is 10.1. The SMILES string of the molecule is Cc1ccccc1CN(C)C(=O)CCc1ccc(Cl)cc1. The van der Waals surface area contributed by atoms with Crippen molar-refractivity contribution in [2.24, 2.45) is 0 Å². The first-order valence-corrected chi connectivity index (χ1v) is 7.47. The monoisotopic (exact) mass is 301 g/mol. The Morgan fingerprint density at radius 3 is 2.43 bits per heavy atom. The summed E-state index contributed by atoms with van der Waals surface area (Å²) in [6, 6.07) is 15.8.